The van der Waals surface area contributed by atoms with Crippen molar-refractivity contribution in [1.82, 2.24) is 4.90 Å². The first-order valence-electron chi connectivity index (χ1n) is 18.1. The Morgan fingerprint density at radius 3 is 2.16 bits per heavy atom. The van der Waals surface area contributed by atoms with Crippen LogP contribution in [0.1, 0.15) is 159 Å². The normalized spacial score (nSPS) is 21.2. The van der Waals surface area contributed by atoms with Crippen molar-refractivity contribution < 1.29 is 4.39 Å². The zero-order valence-corrected chi connectivity index (χ0v) is 30.7. The standard InChI is InChI=1S/C20H30FN.C13H26.C5H10.C3H8/c1-4-5-12-20(17-9-6-7-11-19(21)14-17)18-10-8-13-22(15-18)16(2)3;1-5-11(2)10-12-6-8-13(3,4)9-7-12;1-4-5(2)3;1-3-2/h6-7,9,14,18,20H,2,4-5,8,10-13,15H2,1,3H3;11-12H,5-10H2,1-4H3;2,4H2,1,3H3;3H2,1-2H3/t18-,20+;11-;;/m11../s1. The van der Waals surface area contributed by atoms with E-state index in [1.807, 2.05) is 19.1 Å². The highest BCUT2D eigenvalue weighted by Crippen LogP contribution is 2.40. The topological polar surface area (TPSA) is 3.24 Å². The molecule has 0 spiro atoms. The number of rotatable bonds is 10. The number of likely N-dealkylation sites (tertiary alicyclic amines) is 1. The second-order valence-electron chi connectivity index (χ2n) is 14.6. The Morgan fingerprint density at radius 1 is 1.05 bits per heavy atom. The van der Waals surface area contributed by atoms with Crippen LogP contribution in [0, 0.1) is 29.1 Å². The van der Waals surface area contributed by atoms with Crippen LogP contribution in [0.2, 0.25) is 0 Å². The van der Waals surface area contributed by atoms with E-state index in [2.05, 4.69) is 86.4 Å². The fourth-order valence-corrected chi connectivity index (χ4v) is 6.09. The van der Waals surface area contributed by atoms with Crippen molar-refractivity contribution in [2.75, 3.05) is 13.1 Å². The Morgan fingerprint density at radius 2 is 1.65 bits per heavy atom. The van der Waals surface area contributed by atoms with Crippen molar-refractivity contribution >= 4 is 0 Å². The van der Waals surface area contributed by atoms with Crippen LogP contribution in [0.15, 0.2) is 60.1 Å². The van der Waals surface area contributed by atoms with Gasteiger partial charge in [0.05, 0.1) is 0 Å². The summed E-state index contributed by atoms with van der Waals surface area (Å²) in [5.74, 6) is 3.07. The number of nitrogens with zero attached hydrogens (tertiary/aromatic N) is 1. The van der Waals surface area contributed by atoms with Crippen molar-refractivity contribution in [3.05, 3.63) is 60.1 Å². The van der Waals surface area contributed by atoms with E-state index in [0.717, 1.165) is 43.5 Å². The number of unbranched alkanes of at least 4 members (excludes halogenated alkanes) is 1. The molecule has 0 aromatic carbocycles. The molecule has 0 bridgehead atoms. The maximum Gasteiger partial charge on any atom is 0.104 e. The molecule has 3 rings (SSSR count). The van der Waals surface area contributed by atoms with Gasteiger partial charge in [-0.2, -0.15) is 0 Å². The molecule has 2 heteroatoms. The lowest BCUT2D eigenvalue weighted by molar-refractivity contribution is 0.172. The smallest absolute Gasteiger partial charge is 0.104 e. The number of allylic oxidation sites excluding steroid dienone is 8. The molecule has 2 fully saturated rings. The van der Waals surface area contributed by atoms with Crippen molar-refractivity contribution in [3.8, 4) is 0 Å². The van der Waals surface area contributed by atoms with E-state index < -0.39 is 0 Å². The Balaban J connectivity index is 0.000000707. The zero-order valence-electron chi connectivity index (χ0n) is 30.7. The van der Waals surface area contributed by atoms with Gasteiger partial charge in [-0.3, -0.25) is 0 Å². The summed E-state index contributed by atoms with van der Waals surface area (Å²) in [5, 5.41) is 0. The molecule has 0 radical (unpaired) electrons. The highest BCUT2D eigenvalue weighted by atomic mass is 19.1. The predicted molar refractivity (Wildman–Crippen MR) is 194 cm³/mol. The van der Waals surface area contributed by atoms with Gasteiger partial charge in [0.2, 0.25) is 0 Å². The van der Waals surface area contributed by atoms with Crippen LogP contribution in [-0.2, 0) is 0 Å². The van der Waals surface area contributed by atoms with Crippen molar-refractivity contribution in [2.45, 2.75) is 159 Å². The van der Waals surface area contributed by atoms with Crippen LogP contribution in [-0.4, -0.2) is 18.0 Å². The minimum Gasteiger partial charge on any atom is -0.375 e. The molecule has 1 saturated heterocycles. The molecular weight excluding hydrogens is 525 g/mol. The number of halogens is 1. The van der Waals surface area contributed by atoms with Gasteiger partial charge in [0.15, 0.2) is 0 Å². The first kappa shape index (κ1) is 41.4. The molecule has 1 nitrogen and oxygen atoms in total. The monoisotopic (exact) mass is 600 g/mol. The minimum absolute atomic E-state index is 0.00550. The molecule has 0 N–H and O–H groups in total. The third-order valence-electron chi connectivity index (χ3n) is 9.42. The highest BCUT2D eigenvalue weighted by Gasteiger charge is 2.29. The summed E-state index contributed by atoms with van der Waals surface area (Å²) in [6.07, 6.45) is 25.4. The third kappa shape index (κ3) is 19.4. The fourth-order valence-electron chi connectivity index (χ4n) is 6.09. The van der Waals surface area contributed by atoms with Crippen LogP contribution < -0.4 is 0 Å². The first-order valence-corrected chi connectivity index (χ1v) is 18.1. The first-order chi connectivity index (χ1) is 20.3. The maximum absolute atomic E-state index is 13.9. The number of hydrogen-bond acceptors (Lipinski definition) is 1. The molecule has 1 heterocycles. The van der Waals surface area contributed by atoms with Crippen molar-refractivity contribution in [1.29, 1.82) is 0 Å². The van der Waals surface area contributed by atoms with Crippen LogP contribution >= 0.6 is 0 Å². The van der Waals surface area contributed by atoms with Gasteiger partial charge in [-0.1, -0.05) is 111 Å². The molecule has 0 aromatic heterocycles. The van der Waals surface area contributed by atoms with Gasteiger partial charge >= 0.3 is 0 Å². The summed E-state index contributed by atoms with van der Waals surface area (Å²) in [4.78, 5) is 2.40. The van der Waals surface area contributed by atoms with Gasteiger partial charge in [-0.25, -0.2) is 4.39 Å². The molecule has 250 valence electrons. The average molecular weight is 600 g/mol. The Kier molecular flexibility index (Phi) is 22.9. The van der Waals surface area contributed by atoms with Crippen LogP contribution in [0.3, 0.4) is 0 Å². The van der Waals surface area contributed by atoms with E-state index in [1.54, 1.807) is 6.08 Å². The lowest BCUT2D eigenvalue weighted by atomic mass is 9.71. The molecular formula is C41H74FN. The summed E-state index contributed by atoms with van der Waals surface area (Å²) in [6.45, 7) is 32.2. The van der Waals surface area contributed by atoms with Gasteiger partial charge in [-0.05, 0) is 112 Å². The van der Waals surface area contributed by atoms with E-state index >= 15 is 0 Å². The SMILES string of the molecule is C=C(C)CC.C=C(C)N1CCC[C@@H]([C@@H](CCCC)C2=CC=CCC(F)=C2)C1.CCC.CC[C@@H](C)CC1CCC(C)(C)CC1. The van der Waals surface area contributed by atoms with E-state index in [0.29, 0.717) is 23.7 Å². The van der Waals surface area contributed by atoms with Gasteiger partial charge in [0.1, 0.15) is 5.83 Å². The van der Waals surface area contributed by atoms with Crippen LogP contribution in [0.25, 0.3) is 0 Å². The fraction of sp³-hybridized carbons (Fsp3) is 0.756. The van der Waals surface area contributed by atoms with Crippen LogP contribution in [0.5, 0.6) is 0 Å². The van der Waals surface area contributed by atoms with E-state index in [1.165, 1.54) is 81.8 Å². The molecule has 43 heavy (non-hydrogen) atoms. The second-order valence-corrected chi connectivity index (χ2v) is 14.6. The lowest BCUT2D eigenvalue weighted by Crippen LogP contribution is -2.37. The maximum atomic E-state index is 13.9. The van der Waals surface area contributed by atoms with E-state index in [9.17, 15) is 4.39 Å². The minimum atomic E-state index is -0.00550. The zero-order chi connectivity index (χ0) is 32.8. The Bertz CT molecular complexity index is 834. The second kappa shape index (κ2) is 23.8. The predicted octanol–water partition coefficient (Wildman–Crippen LogP) is 13.8. The molecule has 3 aliphatic rings. The molecule has 3 atom stereocenters. The summed E-state index contributed by atoms with van der Waals surface area (Å²) in [7, 11) is 0. The molecule has 1 saturated carbocycles. The largest absolute Gasteiger partial charge is 0.375 e. The van der Waals surface area contributed by atoms with E-state index in [-0.39, 0.29) is 5.83 Å². The molecule has 0 amide bonds. The molecule has 1 aliphatic heterocycles. The summed E-state index contributed by atoms with van der Waals surface area (Å²) in [6, 6.07) is 0. The average Bonchev–Trinajstić information content (AvgIpc) is 3.19. The van der Waals surface area contributed by atoms with E-state index in [4.69, 9.17) is 0 Å². The van der Waals surface area contributed by atoms with Gasteiger partial charge < -0.3 is 4.90 Å². The highest BCUT2D eigenvalue weighted by molar-refractivity contribution is 5.32. The van der Waals surface area contributed by atoms with Gasteiger partial charge in [-0.15, -0.1) is 6.58 Å². The quantitative estimate of drug-likeness (QED) is 0.226. The van der Waals surface area contributed by atoms with Crippen LogP contribution in [0.4, 0.5) is 4.39 Å². The summed E-state index contributed by atoms with van der Waals surface area (Å²) >= 11 is 0. The van der Waals surface area contributed by atoms with Crippen molar-refractivity contribution in [2.24, 2.45) is 29.1 Å². The Hall–Kier alpha value is -1.57. The molecule has 2 aliphatic carbocycles. The lowest BCUT2D eigenvalue weighted by Gasteiger charge is -2.39. The number of piperidine rings is 1. The summed E-state index contributed by atoms with van der Waals surface area (Å²) in [5.41, 5.74) is 4.25. The Labute approximate surface area is 270 Å². The van der Waals surface area contributed by atoms with Gasteiger partial charge in [0.25, 0.3) is 0 Å². The molecule has 0 unspecified atom stereocenters. The summed E-state index contributed by atoms with van der Waals surface area (Å²) < 4.78 is 13.9. The van der Waals surface area contributed by atoms with Crippen molar-refractivity contribution in [3.63, 3.8) is 0 Å². The third-order valence-corrected chi connectivity index (χ3v) is 9.42. The van der Waals surface area contributed by atoms with Gasteiger partial charge in [0, 0.05) is 25.2 Å². The molecule has 0 aromatic rings. The number of hydrogen-bond donors (Lipinski definition) is 0.